The lowest BCUT2D eigenvalue weighted by atomic mass is 10.00. The van der Waals surface area contributed by atoms with Gasteiger partial charge >= 0.3 is 0 Å². The summed E-state index contributed by atoms with van der Waals surface area (Å²) in [5, 5.41) is 9.90. The summed E-state index contributed by atoms with van der Waals surface area (Å²) >= 11 is 6.81. The summed E-state index contributed by atoms with van der Waals surface area (Å²) in [6.45, 7) is 4.21. The van der Waals surface area contributed by atoms with E-state index in [1.807, 2.05) is 18.2 Å². The van der Waals surface area contributed by atoms with Crippen LogP contribution < -0.4 is 0 Å². The van der Waals surface area contributed by atoms with Crippen molar-refractivity contribution in [2.75, 3.05) is 0 Å². The summed E-state index contributed by atoms with van der Waals surface area (Å²) in [5.41, 5.74) is 0.958. The van der Waals surface area contributed by atoms with E-state index in [0.29, 0.717) is 5.92 Å². The Labute approximate surface area is 102 Å². The Kier molecular flexibility index (Phi) is 4.61. The van der Waals surface area contributed by atoms with Gasteiger partial charge < -0.3 is 5.11 Å². The molecule has 0 fully saturated rings. The molecule has 1 atom stereocenters. The molecule has 0 saturated heterocycles. The van der Waals surface area contributed by atoms with Crippen LogP contribution >= 0.6 is 31.9 Å². The molecule has 0 amide bonds. The van der Waals surface area contributed by atoms with Gasteiger partial charge in [0.05, 0.1) is 6.10 Å². The van der Waals surface area contributed by atoms with Crippen LogP contribution in [0.4, 0.5) is 0 Å². The van der Waals surface area contributed by atoms with Crippen LogP contribution in [0.3, 0.4) is 0 Å². The Hall–Kier alpha value is 0.140. The van der Waals surface area contributed by atoms with Gasteiger partial charge in [-0.15, -0.1) is 0 Å². The highest BCUT2D eigenvalue weighted by Gasteiger charge is 2.10. The van der Waals surface area contributed by atoms with Gasteiger partial charge in [0.2, 0.25) is 0 Å². The molecular weight excluding hydrogens is 308 g/mol. The van der Waals surface area contributed by atoms with Crippen LogP contribution in [0.5, 0.6) is 0 Å². The fourth-order valence-electron chi connectivity index (χ4n) is 1.35. The molecule has 0 radical (unpaired) electrons. The first-order chi connectivity index (χ1) is 6.49. The number of aliphatic hydroxyl groups excluding tert-OH is 1. The molecule has 1 nitrogen and oxygen atoms in total. The zero-order chi connectivity index (χ0) is 10.7. The second kappa shape index (κ2) is 5.29. The van der Waals surface area contributed by atoms with Crippen LogP contribution in [0, 0.1) is 5.92 Å². The molecular formula is C11H14Br2O. The molecule has 0 bridgehead atoms. The summed E-state index contributed by atoms with van der Waals surface area (Å²) in [6.07, 6.45) is 0.423. The minimum Gasteiger partial charge on any atom is -0.388 e. The van der Waals surface area contributed by atoms with Crippen molar-refractivity contribution in [3.05, 3.63) is 32.7 Å². The molecule has 1 unspecified atom stereocenters. The zero-order valence-corrected chi connectivity index (χ0v) is 11.5. The van der Waals surface area contributed by atoms with Gasteiger partial charge in [0.1, 0.15) is 0 Å². The monoisotopic (exact) mass is 320 g/mol. The number of aliphatic hydroxyl groups is 1. The molecule has 0 heterocycles. The lowest BCUT2D eigenvalue weighted by molar-refractivity contribution is 0.151. The Morgan fingerprint density at radius 1 is 1.14 bits per heavy atom. The van der Waals surface area contributed by atoms with E-state index in [2.05, 4.69) is 45.7 Å². The molecule has 1 aromatic carbocycles. The predicted octanol–water partition coefficient (Wildman–Crippen LogP) is 4.29. The standard InChI is InChI=1S/C11H14Br2O/c1-7(2)3-11(14)8-4-9(12)6-10(13)5-8/h4-7,11,14H,3H2,1-2H3. The summed E-state index contributed by atoms with van der Waals surface area (Å²) < 4.78 is 1.98. The molecule has 1 aromatic rings. The average Bonchev–Trinajstić information content (AvgIpc) is 2.00. The Bertz CT molecular complexity index is 290. The van der Waals surface area contributed by atoms with Gasteiger partial charge in [-0.25, -0.2) is 0 Å². The van der Waals surface area contributed by atoms with Crippen molar-refractivity contribution in [3.63, 3.8) is 0 Å². The van der Waals surface area contributed by atoms with E-state index in [0.717, 1.165) is 20.9 Å². The Morgan fingerprint density at radius 2 is 1.64 bits per heavy atom. The van der Waals surface area contributed by atoms with E-state index in [-0.39, 0.29) is 6.10 Å². The van der Waals surface area contributed by atoms with E-state index >= 15 is 0 Å². The fourth-order valence-corrected chi connectivity index (χ4v) is 2.68. The Balaban J connectivity index is 2.84. The normalized spacial score (nSPS) is 13.3. The van der Waals surface area contributed by atoms with Crippen molar-refractivity contribution in [3.8, 4) is 0 Å². The van der Waals surface area contributed by atoms with Crippen LogP contribution in [0.2, 0.25) is 0 Å². The van der Waals surface area contributed by atoms with Gasteiger partial charge in [0, 0.05) is 8.95 Å². The third-order valence-electron chi connectivity index (χ3n) is 1.96. The van der Waals surface area contributed by atoms with Crippen LogP contribution in [-0.2, 0) is 0 Å². The smallest absolute Gasteiger partial charge is 0.0793 e. The van der Waals surface area contributed by atoms with Crippen molar-refractivity contribution < 1.29 is 5.11 Å². The molecule has 14 heavy (non-hydrogen) atoms. The van der Waals surface area contributed by atoms with Gasteiger partial charge in [-0.2, -0.15) is 0 Å². The minimum absolute atomic E-state index is 0.371. The zero-order valence-electron chi connectivity index (χ0n) is 8.30. The summed E-state index contributed by atoms with van der Waals surface area (Å²) in [7, 11) is 0. The summed E-state index contributed by atoms with van der Waals surface area (Å²) in [5.74, 6) is 0.503. The maximum Gasteiger partial charge on any atom is 0.0793 e. The molecule has 0 aliphatic rings. The first-order valence-electron chi connectivity index (χ1n) is 4.63. The van der Waals surface area contributed by atoms with E-state index in [1.165, 1.54) is 0 Å². The lowest BCUT2D eigenvalue weighted by Crippen LogP contribution is -2.01. The number of benzene rings is 1. The molecule has 78 valence electrons. The lowest BCUT2D eigenvalue weighted by Gasteiger charge is -2.14. The third-order valence-corrected chi connectivity index (χ3v) is 2.88. The largest absolute Gasteiger partial charge is 0.388 e. The topological polar surface area (TPSA) is 20.2 Å². The van der Waals surface area contributed by atoms with Crippen molar-refractivity contribution >= 4 is 31.9 Å². The Morgan fingerprint density at radius 3 is 2.07 bits per heavy atom. The summed E-state index contributed by atoms with van der Waals surface area (Å²) in [6, 6.07) is 5.88. The van der Waals surface area contributed by atoms with Crippen molar-refractivity contribution in [2.45, 2.75) is 26.4 Å². The van der Waals surface area contributed by atoms with Gasteiger partial charge in [-0.3, -0.25) is 0 Å². The van der Waals surface area contributed by atoms with E-state index < -0.39 is 0 Å². The second-order valence-corrected chi connectivity index (χ2v) is 5.68. The van der Waals surface area contributed by atoms with Crippen LogP contribution in [-0.4, -0.2) is 5.11 Å². The minimum atomic E-state index is -0.371. The number of hydrogen-bond donors (Lipinski definition) is 1. The quantitative estimate of drug-likeness (QED) is 0.880. The highest BCUT2D eigenvalue weighted by Crippen LogP contribution is 2.27. The molecule has 0 aliphatic carbocycles. The molecule has 0 aliphatic heterocycles. The SMILES string of the molecule is CC(C)CC(O)c1cc(Br)cc(Br)c1. The van der Waals surface area contributed by atoms with Crippen molar-refractivity contribution in [2.24, 2.45) is 5.92 Å². The van der Waals surface area contributed by atoms with Gasteiger partial charge in [0.25, 0.3) is 0 Å². The first kappa shape index (κ1) is 12.2. The summed E-state index contributed by atoms with van der Waals surface area (Å²) in [4.78, 5) is 0. The number of hydrogen-bond acceptors (Lipinski definition) is 1. The molecule has 0 spiro atoms. The van der Waals surface area contributed by atoms with Crippen molar-refractivity contribution in [1.82, 2.24) is 0 Å². The van der Waals surface area contributed by atoms with E-state index in [9.17, 15) is 5.11 Å². The highest BCUT2D eigenvalue weighted by molar-refractivity contribution is 9.11. The maximum absolute atomic E-state index is 9.90. The fraction of sp³-hybridized carbons (Fsp3) is 0.455. The predicted molar refractivity (Wildman–Crippen MR) is 66.3 cm³/mol. The number of halogens is 2. The molecule has 0 saturated carbocycles. The molecule has 1 rings (SSSR count). The van der Waals surface area contributed by atoms with Crippen LogP contribution in [0.1, 0.15) is 31.9 Å². The van der Waals surface area contributed by atoms with E-state index in [4.69, 9.17) is 0 Å². The second-order valence-electron chi connectivity index (χ2n) is 3.85. The van der Waals surface area contributed by atoms with Gasteiger partial charge in [0.15, 0.2) is 0 Å². The molecule has 3 heteroatoms. The van der Waals surface area contributed by atoms with E-state index in [1.54, 1.807) is 0 Å². The first-order valence-corrected chi connectivity index (χ1v) is 6.21. The van der Waals surface area contributed by atoms with Gasteiger partial charge in [-0.05, 0) is 36.1 Å². The van der Waals surface area contributed by atoms with Crippen LogP contribution in [0.25, 0.3) is 0 Å². The molecule has 0 aromatic heterocycles. The van der Waals surface area contributed by atoms with Crippen LogP contribution in [0.15, 0.2) is 27.1 Å². The van der Waals surface area contributed by atoms with Crippen molar-refractivity contribution in [1.29, 1.82) is 0 Å². The highest BCUT2D eigenvalue weighted by atomic mass is 79.9. The number of rotatable bonds is 3. The molecule has 1 N–H and O–H groups in total. The average molecular weight is 322 g/mol. The maximum atomic E-state index is 9.90. The third kappa shape index (κ3) is 3.71. The van der Waals surface area contributed by atoms with Gasteiger partial charge in [-0.1, -0.05) is 45.7 Å².